The molecular formula is C16H14F3N3O3. The Morgan fingerprint density at radius 3 is 2.56 bits per heavy atom. The van der Waals surface area contributed by atoms with Gasteiger partial charge in [0.2, 0.25) is 5.91 Å². The van der Waals surface area contributed by atoms with Crippen molar-refractivity contribution in [3.8, 4) is 5.75 Å². The average Bonchev–Trinajstić information content (AvgIpc) is 2.55. The highest BCUT2D eigenvalue weighted by Crippen LogP contribution is 2.25. The van der Waals surface area contributed by atoms with Crippen molar-refractivity contribution in [1.82, 2.24) is 0 Å². The second kappa shape index (κ2) is 8.04. The number of amides is 2. The largest absolute Gasteiger partial charge is 0.433 e. The van der Waals surface area contributed by atoms with Gasteiger partial charge in [-0.2, -0.15) is 8.78 Å². The van der Waals surface area contributed by atoms with E-state index in [9.17, 15) is 22.8 Å². The highest BCUT2D eigenvalue weighted by molar-refractivity contribution is 5.96. The number of benzene rings is 2. The zero-order valence-corrected chi connectivity index (χ0v) is 12.8. The second-order valence-corrected chi connectivity index (χ2v) is 4.84. The molecule has 6 nitrogen and oxygen atoms in total. The van der Waals surface area contributed by atoms with Crippen LogP contribution in [0.5, 0.6) is 5.75 Å². The zero-order valence-electron chi connectivity index (χ0n) is 12.8. The lowest BCUT2D eigenvalue weighted by Gasteiger charge is -2.12. The number of halogens is 3. The summed E-state index contributed by atoms with van der Waals surface area (Å²) in [5.41, 5.74) is 5.09. The normalized spacial score (nSPS) is 10.4. The van der Waals surface area contributed by atoms with E-state index in [2.05, 4.69) is 15.4 Å². The number of nitrogens with one attached hydrogen (secondary N) is 2. The van der Waals surface area contributed by atoms with Gasteiger partial charge < -0.3 is 21.1 Å². The molecule has 0 aliphatic carbocycles. The molecule has 0 aliphatic heterocycles. The lowest BCUT2D eigenvalue weighted by Crippen LogP contribution is -2.22. The molecule has 0 fully saturated rings. The summed E-state index contributed by atoms with van der Waals surface area (Å²) in [5.74, 6) is -2.46. The number of para-hydroxylation sites is 2. The van der Waals surface area contributed by atoms with E-state index in [0.29, 0.717) is 5.69 Å². The number of carbonyl (C=O) groups is 2. The molecule has 2 amide bonds. The van der Waals surface area contributed by atoms with Crippen LogP contribution in [0.1, 0.15) is 10.4 Å². The van der Waals surface area contributed by atoms with Crippen LogP contribution in [0.3, 0.4) is 0 Å². The Morgan fingerprint density at radius 1 is 1.16 bits per heavy atom. The predicted molar refractivity (Wildman–Crippen MR) is 85.1 cm³/mol. The molecule has 2 aromatic rings. The fourth-order valence-electron chi connectivity index (χ4n) is 1.97. The van der Waals surface area contributed by atoms with E-state index in [1.165, 1.54) is 30.3 Å². The van der Waals surface area contributed by atoms with Gasteiger partial charge in [-0.05, 0) is 30.3 Å². The van der Waals surface area contributed by atoms with Crippen LogP contribution in [-0.4, -0.2) is 25.0 Å². The smallest absolute Gasteiger partial charge is 0.387 e. The number of rotatable bonds is 7. The fourth-order valence-corrected chi connectivity index (χ4v) is 1.97. The van der Waals surface area contributed by atoms with Crippen molar-refractivity contribution in [1.29, 1.82) is 0 Å². The molecule has 0 atom stereocenters. The van der Waals surface area contributed by atoms with Crippen molar-refractivity contribution in [3.05, 3.63) is 53.8 Å². The van der Waals surface area contributed by atoms with Gasteiger partial charge in [-0.3, -0.25) is 9.59 Å². The topological polar surface area (TPSA) is 93.5 Å². The molecule has 0 aliphatic rings. The van der Waals surface area contributed by atoms with Crippen LogP contribution < -0.4 is 21.1 Å². The summed E-state index contributed by atoms with van der Waals surface area (Å²) in [4.78, 5) is 23.0. The van der Waals surface area contributed by atoms with Crippen LogP contribution in [0.15, 0.2) is 42.5 Å². The van der Waals surface area contributed by atoms with Crippen molar-refractivity contribution >= 4 is 23.2 Å². The van der Waals surface area contributed by atoms with E-state index in [4.69, 9.17) is 5.73 Å². The molecule has 0 saturated carbocycles. The molecule has 0 radical (unpaired) electrons. The van der Waals surface area contributed by atoms with Gasteiger partial charge in [-0.25, -0.2) is 4.39 Å². The number of nitrogens with two attached hydrogens (primary N) is 1. The van der Waals surface area contributed by atoms with E-state index in [-0.39, 0.29) is 23.5 Å². The number of ether oxygens (including phenoxy) is 1. The molecule has 0 heterocycles. The van der Waals surface area contributed by atoms with Gasteiger partial charge >= 0.3 is 6.61 Å². The summed E-state index contributed by atoms with van der Waals surface area (Å²) in [7, 11) is 0. The van der Waals surface area contributed by atoms with Gasteiger partial charge in [0, 0.05) is 5.69 Å². The third-order valence-electron chi connectivity index (χ3n) is 3.06. The number of primary amides is 1. The van der Waals surface area contributed by atoms with E-state index in [1.807, 2.05) is 0 Å². The summed E-state index contributed by atoms with van der Waals surface area (Å²) >= 11 is 0. The second-order valence-electron chi connectivity index (χ2n) is 4.84. The fraction of sp³-hybridized carbons (Fsp3) is 0.125. The molecule has 0 aromatic heterocycles. The Balaban J connectivity index is 2.00. The van der Waals surface area contributed by atoms with E-state index < -0.39 is 24.2 Å². The van der Waals surface area contributed by atoms with Crippen molar-refractivity contribution < 1.29 is 27.5 Å². The summed E-state index contributed by atoms with van der Waals surface area (Å²) < 4.78 is 42.3. The van der Waals surface area contributed by atoms with Gasteiger partial charge in [-0.1, -0.05) is 12.1 Å². The molecule has 2 rings (SSSR count). The molecule has 9 heteroatoms. The average molecular weight is 353 g/mol. The van der Waals surface area contributed by atoms with E-state index >= 15 is 0 Å². The number of hydrogen-bond donors (Lipinski definition) is 3. The van der Waals surface area contributed by atoms with Gasteiger partial charge in [-0.15, -0.1) is 0 Å². The molecule has 4 N–H and O–H groups in total. The minimum absolute atomic E-state index is 0.0755. The summed E-state index contributed by atoms with van der Waals surface area (Å²) in [6.45, 7) is -3.28. The van der Waals surface area contributed by atoms with Crippen LogP contribution >= 0.6 is 0 Å². The van der Waals surface area contributed by atoms with Crippen molar-refractivity contribution in [2.45, 2.75) is 6.61 Å². The van der Waals surface area contributed by atoms with E-state index in [1.54, 1.807) is 6.07 Å². The Kier molecular flexibility index (Phi) is 5.83. The number of hydrogen-bond acceptors (Lipinski definition) is 4. The molecular weight excluding hydrogens is 339 g/mol. The summed E-state index contributed by atoms with van der Waals surface area (Å²) in [5, 5.41) is 5.08. The maximum atomic E-state index is 13.4. The summed E-state index contributed by atoms with van der Waals surface area (Å²) in [6.07, 6.45) is 0. The molecule has 0 unspecified atom stereocenters. The Morgan fingerprint density at radius 2 is 1.88 bits per heavy atom. The van der Waals surface area contributed by atoms with Crippen LogP contribution in [0, 0.1) is 5.82 Å². The maximum absolute atomic E-state index is 13.4. The first-order chi connectivity index (χ1) is 11.9. The summed E-state index contributed by atoms with van der Waals surface area (Å²) in [6, 6.07) is 9.23. The quantitative estimate of drug-likeness (QED) is 0.713. The van der Waals surface area contributed by atoms with E-state index in [0.717, 1.165) is 6.07 Å². The monoisotopic (exact) mass is 353 g/mol. The lowest BCUT2D eigenvalue weighted by molar-refractivity contribution is -0.114. The van der Waals surface area contributed by atoms with Gasteiger partial charge in [0.1, 0.15) is 11.6 Å². The molecule has 132 valence electrons. The SMILES string of the molecule is NC(=O)c1cc(NCC(=O)Nc2ccccc2OC(F)F)ccc1F. The highest BCUT2D eigenvalue weighted by Gasteiger charge is 2.12. The van der Waals surface area contributed by atoms with Crippen LogP contribution in [0.4, 0.5) is 24.5 Å². The molecule has 2 aromatic carbocycles. The zero-order chi connectivity index (χ0) is 18.4. The minimum Gasteiger partial charge on any atom is -0.433 e. The van der Waals surface area contributed by atoms with Crippen molar-refractivity contribution in [2.24, 2.45) is 5.73 Å². The maximum Gasteiger partial charge on any atom is 0.387 e. The molecule has 0 spiro atoms. The minimum atomic E-state index is -3.03. The third-order valence-corrected chi connectivity index (χ3v) is 3.06. The highest BCUT2D eigenvalue weighted by atomic mass is 19.3. The molecule has 25 heavy (non-hydrogen) atoms. The number of anilines is 2. The first kappa shape index (κ1) is 18.1. The molecule has 0 bridgehead atoms. The van der Waals surface area contributed by atoms with Gasteiger partial charge in [0.05, 0.1) is 17.8 Å². The van der Waals surface area contributed by atoms with Gasteiger partial charge in [0.15, 0.2) is 0 Å². The lowest BCUT2D eigenvalue weighted by atomic mass is 10.2. The Hall–Kier alpha value is -3.23. The van der Waals surface area contributed by atoms with Crippen LogP contribution in [0.2, 0.25) is 0 Å². The standard InChI is InChI=1S/C16H14F3N3O3/c17-11-6-5-9(7-10(11)15(20)24)21-8-14(23)22-12-3-1-2-4-13(12)25-16(18)19/h1-7,16,21H,8H2,(H2,20,24)(H,22,23). The number of carbonyl (C=O) groups excluding carboxylic acids is 2. The number of alkyl halides is 2. The van der Waals surface area contributed by atoms with Crippen LogP contribution in [-0.2, 0) is 4.79 Å². The molecule has 0 saturated heterocycles. The Bertz CT molecular complexity index is 784. The third kappa shape index (κ3) is 5.13. The van der Waals surface area contributed by atoms with Crippen molar-refractivity contribution in [3.63, 3.8) is 0 Å². The van der Waals surface area contributed by atoms with Crippen molar-refractivity contribution in [2.75, 3.05) is 17.2 Å². The first-order valence-electron chi connectivity index (χ1n) is 7.03. The van der Waals surface area contributed by atoms with Gasteiger partial charge in [0.25, 0.3) is 5.91 Å². The first-order valence-corrected chi connectivity index (χ1v) is 7.03. The predicted octanol–water partition coefficient (Wildman–Crippen LogP) is 2.58. The van der Waals surface area contributed by atoms with Crippen LogP contribution in [0.25, 0.3) is 0 Å². The Labute approximate surface area is 140 Å².